The highest BCUT2D eigenvalue weighted by atomic mass is 28.4. The Morgan fingerprint density at radius 1 is 1.07 bits per heavy atom. The Hall–Kier alpha value is -3.41. The second kappa shape index (κ2) is 12.5. The third-order valence-corrected chi connectivity index (χ3v) is 14.0. The van der Waals surface area contributed by atoms with E-state index >= 15 is 0 Å². The van der Waals surface area contributed by atoms with E-state index in [0.29, 0.717) is 30.0 Å². The summed E-state index contributed by atoms with van der Waals surface area (Å²) in [7, 11) is -2.38. The number of aryl methyl sites for hydroxylation is 1. The lowest BCUT2D eigenvalue weighted by atomic mass is 10.1. The number of esters is 1. The number of carbonyl (C=O) groups excluding carboxylic acids is 3. The van der Waals surface area contributed by atoms with Gasteiger partial charge in [0.1, 0.15) is 35.8 Å². The third kappa shape index (κ3) is 6.22. The van der Waals surface area contributed by atoms with Crippen LogP contribution in [0.3, 0.4) is 0 Å². The SMILES string of the molecule is CC(=O)CCC(=O)OC1C(CO)CC(n2cc3c4c(ncnc42)N(C(=O)c2ccccc2)CCC3)C1O[Si](C)(C)C(C)(C)C. The lowest BCUT2D eigenvalue weighted by Crippen LogP contribution is -2.49. The summed E-state index contributed by atoms with van der Waals surface area (Å²) < 4.78 is 15.2. The molecule has 1 saturated carbocycles. The van der Waals surface area contributed by atoms with Crippen molar-refractivity contribution in [3.8, 4) is 0 Å². The quantitative estimate of drug-likeness (QED) is 0.254. The number of carbonyl (C=O) groups is 3. The fourth-order valence-corrected chi connectivity index (χ4v) is 7.41. The summed E-state index contributed by atoms with van der Waals surface area (Å²) in [6.45, 7) is 12.6. The highest BCUT2D eigenvalue weighted by Gasteiger charge is 2.52. The normalized spacial score (nSPS) is 22.2. The standard InChI is InChI=1S/C33H44N4O6Si/c1-21(39)14-15-26(40)42-28-24(19-38)17-25(29(28)43-44(5,6)33(2,3)4)37-18-23-13-10-16-36(30-27(23)31(37)35-20-34-30)32(41)22-11-8-7-9-12-22/h7-9,11-12,18,20,24-25,28-29,38H,10,13-17,19H2,1-6H3. The number of benzene rings is 1. The van der Waals surface area contributed by atoms with Gasteiger partial charge in [-0.1, -0.05) is 39.0 Å². The number of aromatic nitrogens is 3. The van der Waals surface area contributed by atoms with E-state index in [2.05, 4.69) is 49.6 Å². The number of hydrogen-bond acceptors (Lipinski definition) is 8. The van der Waals surface area contributed by atoms with E-state index < -0.39 is 26.5 Å². The van der Waals surface area contributed by atoms with Crippen LogP contribution >= 0.6 is 0 Å². The first kappa shape index (κ1) is 32.0. The van der Waals surface area contributed by atoms with Crippen LogP contribution in [0.4, 0.5) is 5.82 Å². The average Bonchev–Trinajstić information content (AvgIpc) is 3.44. The number of hydrogen-bond donors (Lipinski definition) is 1. The number of amides is 1. The highest BCUT2D eigenvalue weighted by Crippen LogP contribution is 2.47. The first-order valence-corrected chi connectivity index (χ1v) is 18.4. The van der Waals surface area contributed by atoms with Gasteiger partial charge in [-0.15, -0.1) is 0 Å². The molecule has 236 valence electrons. The van der Waals surface area contributed by atoms with Gasteiger partial charge < -0.3 is 23.6 Å². The Morgan fingerprint density at radius 2 is 1.80 bits per heavy atom. The predicted molar refractivity (Wildman–Crippen MR) is 170 cm³/mol. The van der Waals surface area contributed by atoms with E-state index in [1.54, 1.807) is 4.90 Å². The van der Waals surface area contributed by atoms with Gasteiger partial charge in [0.15, 0.2) is 8.32 Å². The van der Waals surface area contributed by atoms with Crippen LogP contribution in [0, 0.1) is 5.92 Å². The number of Topliss-reactive ketones (excluding diaryl/α,β-unsaturated/α-hetero) is 1. The molecule has 44 heavy (non-hydrogen) atoms. The molecular formula is C33H44N4O6Si. The van der Waals surface area contributed by atoms with Gasteiger partial charge in [-0.05, 0) is 62.0 Å². The summed E-state index contributed by atoms with van der Waals surface area (Å²) in [4.78, 5) is 49.2. The molecule has 1 aliphatic heterocycles. The van der Waals surface area contributed by atoms with Crippen LogP contribution in [-0.2, 0) is 25.2 Å². The zero-order chi connectivity index (χ0) is 31.8. The van der Waals surface area contributed by atoms with Crippen molar-refractivity contribution in [2.24, 2.45) is 5.92 Å². The number of ketones is 1. The molecule has 11 heteroatoms. The summed E-state index contributed by atoms with van der Waals surface area (Å²) in [5.74, 6) is -0.436. The molecule has 1 aromatic carbocycles. The van der Waals surface area contributed by atoms with Crippen molar-refractivity contribution in [3.63, 3.8) is 0 Å². The Kier molecular flexibility index (Phi) is 9.11. The fraction of sp³-hybridized carbons (Fsp3) is 0.545. The highest BCUT2D eigenvalue weighted by molar-refractivity contribution is 6.74. The topological polar surface area (TPSA) is 124 Å². The van der Waals surface area contributed by atoms with Crippen LogP contribution in [0.5, 0.6) is 0 Å². The lowest BCUT2D eigenvalue weighted by Gasteiger charge is -2.41. The van der Waals surface area contributed by atoms with Crippen LogP contribution in [0.2, 0.25) is 18.1 Å². The number of ether oxygens (including phenoxy) is 1. The lowest BCUT2D eigenvalue weighted by molar-refractivity contribution is -0.157. The molecule has 2 aliphatic rings. The van der Waals surface area contributed by atoms with Crippen LogP contribution in [-0.4, -0.2) is 71.0 Å². The molecule has 10 nitrogen and oxygen atoms in total. The van der Waals surface area contributed by atoms with E-state index in [1.807, 2.05) is 30.3 Å². The first-order chi connectivity index (χ1) is 20.8. The van der Waals surface area contributed by atoms with E-state index in [4.69, 9.17) is 14.1 Å². The van der Waals surface area contributed by atoms with Gasteiger partial charge in [-0.25, -0.2) is 9.97 Å². The molecule has 4 atom stereocenters. The summed E-state index contributed by atoms with van der Waals surface area (Å²) in [6.07, 6.45) is 4.46. The van der Waals surface area contributed by atoms with Crippen molar-refractivity contribution in [2.75, 3.05) is 18.1 Å². The van der Waals surface area contributed by atoms with Gasteiger partial charge in [-0.2, -0.15) is 0 Å². The number of aliphatic hydroxyl groups is 1. The van der Waals surface area contributed by atoms with Crippen LogP contribution < -0.4 is 4.90 Å². The molecule has 4 unspecified atom stereocenters. The molecule has 5 rings (SSSR count). The molecule has 0 saturated heterocycles. The summed E-state index contributed by atoms with van der Waals surface area (Å²) in [6, 6.07) is 8.93. The van der Waals surface area contributed by atoms with Crippen molar-refractivity contribution in [2.45, 2.75) is 96.2 Å². The average molecular weight is 621 g/mol. The van der Waals surface area contributed by atoms with E-state index in [9.17, 15) is 19.5 Å². The minimum Gasteiger partial charge on any atom is -0.459 e. The fourth-order valence-electron chi connectivity index (χ4n) is 6.09. The van der Waals surface area contributed by atoms with Gasteiger partial charge in [0.2, 0.25) is 0 Å². The third-order valence-electron chi connectivity index (χ3n) is 9.51. The summed E-state index contributed by atoms with van der Waals surface area (Å²) >= 11 is 0. The first-order valence-electron chi connectivity index (χ1n) is 15.5. The molecular weight excluding hydrogens is 576 g/mol. The van der Waals surface area contributed by atoms with Gasteiger partial charge in [0.05, 0.1) is 17.8 Å². The van der Waals surface area contributed by atoms with Crippen molar-refractivity contribution in [3.05, 3.63) is 54.0 Å². The molecule has 1 fully saturated rings. The van der Waals surface area contributed by atoms with E-state index in [1.165, 1.54) is 13.3 Å². The van der Waals surface area contributed by atoms with E-state index in [0.717, 1.165) is 23.8 Å². The monoisotopic (exact) mass is 620 g/mol. The minimum atomic E-state index is -2.38. The smallest absolute Gasteiger partial charge is 0.306 e. The number of nitrogens with zero attached hydrogens (tertiary/aromatic N) is 4. The van der Waals surface area contributed by atoms with Gasteiger partial charge in [0, 0.05) is 37.3 Å². The van der Waals surface area contributed by atoms with Gasteiger partial charge >= 0.3 is 5.97 Å². The molecule has 3 aromatic rings. The molecule has 1 N–H and O–H groups in total. The Labute approximate surface area is 259 Å². The molecule has 0 spiro atoms. The summed E-state index contributed by atoms with van der Waals surface area (Å²) in [5, 5.41) is 11.2. The zero-order valence-corrected chi connectivity index (χ0v) is 27.6. The van der Waals surface area contributed by atoms with Crippen LogP contribution in [0.1, 0.15) is 75.3 Å². The van der Waals surface area contributed by atoms with E-state index in [-0.39, 0.29) is 48.1 Å². The van der Waals surface area contributed by atoms with Crippen molar-refractivity contribution >= 4 is 42.8 Å². The van der Waals surface area contributed by atoms with Crippen molar-refractivity contribution in [1.29, 1.82) is 0 Å². The Balaban J connectivity index is 1.58. The largest absolute Gasteiger partial charge is 0.459 e. The zero-order valence-electron chi connectivity index (χ0n) is 26.6. The van der Waals surface area contributed by atoms with Gasteiger partial charge in [0.25, 0.3) is 5.91 Å². The molecule has 0 radical (unpaired) electrons. The maximum absolute atomic E-state index is 13.6. The van der Waals surface area contributed by atoms with Crippen LogP contribution in [0.25, 0.3) is 11.0 Å². The van der Waals surface area contributed by atoms with Gasteiger partial charge in [-0.3, -0.25) is 14.5 Å². The Bertz CT molecular complexity index is 1530. The second-order valence-corrected chi connectivity index (χ2v) is 18.4. The molecule has 1 amide bonds. The number of rotatable bonds is 9. The van der Waals surface area contributed by atoms with Crippen molar-refractivity contribution < 1.29 is 28.7 Å². The van der Waals surface area contributed by atoms with Crippen molar-refractivity contribution in [1.82, 2.24) is 14.5 Å². The minimum absolute atomic E-state index is 0.0140. The molecule has 1 aliphatic carbocycles. The molecule has 2 aromatic heterocycles. The maximum atomic E-state index is 13.6. The Morgan fingerprint density at radius 3 is 2.45 bits per heavy atom. The number of anilines is 1. The molecule has 0 bridgehead atoms. The van der Waals surface area contributed by atoms with Crippen LogP contribution in [0.15, 0.2) is 42.9 Å². The second-order valence-electron chi connectivity index (χ2n) is 13.6. The maximum Gasteiger partial charge on any atom is 0.306 e. The summed E-state index contributed by atoms with van der Waals surface area (Å²) in [5.41, 5.74) is 2.33. The number of aliphatic hydroxyl groups excluding tert-OH is 1. The predicted octanol–water partition coefficient (Wildman–Crippen LogP) is 5.25. The molecule has 3 heterocycles.